The van der Waals surface area contributed by atoms with Crippen LogP contribution in [0.15, 0.2) is 54.9 Å². The summed E-state index contributed by atoms with van der Waals surface area (Å²) in [5.41, 5.74) is 14.9. The standard InChI is InChI=1S/C24H26Cl2N6O2/c1-14-17(5-7-22(28)31-14)13-30-24(34)21(11-15-4-6-18(25)19(26)9-15)32-23(33)20(27)10-16-3-2-8-29-12-16/h2-9,12,20-21H,10-11,13,27H2,1H3,(H2,28,31)(H,30,34)(H,32,33)/t20?,21-/m0/s1. The van der Waals surface area contributed by atoms with E-state index in [1.165, 1.54) is 0 Å². The summed E-state index contributed by atoms with van der Waals surface area (Å²) in [6.45, 7) is 2.04. The van der Waals surface area contributed by atoms with E-state index >= 15 is 0 Å². The molecule has 8 nitrogen and oxygen atoms in total. The number of nitrogens with one attached hydrogen (secondary N) is 2. The van der Waals surface area contributed by atoms with Gasteiger partial charge in [0.05, 0.1) is 16.1 Å². The van der Waals surface area contributed by atoms with Gasteiger partial charge in [0, 0.05) is 31.1 Å². The summed E-state index contributed by atoms with van der Waals surface area (Å²) in [6, 6.07) is 10.4. The Morgan fingerprint density at radius 2 is 1.82 bits per heavy atom. The van der Waals surface area contributed by atoms with Crippen LogP contribution in [0, 0.1) is 6.92 Å². The highest BCUT2D eigenvalue weighted by atomic mass is 35.5. The van der Waals surface area contributed by atoms with Crippen LogP contribution in [0.4, 0.5) is 5.82 Å². The first-order valence-electron chi connectivity index (χ1n) is 10.6. The average Bonchev–Trinajstić information content (AvgIpc) is 2.80. The number of nitrogens with two attached hydrogens (primary N) is 2. The minimum atomic E-state index is -0.883. The van der Waals surface area contributed by atoms with Gasteiger partial charge in [-0.1, -0.05) is 41.4 Å². The molecular formula is C24H26Cl2N6O2. The Kier molecular flexibility index (Phi) is 8.81. The molecule has 2 aromatic heterocycles. The number of anilines is 1. The number of aromatic nitrogens is 2. The largest absolute Gasteiger partial charge is 0.384 e. The maximum atomic E-state index is 13.1. The summed E-state index contributed by atoms with van der Waals surface area (Å²) in [5, 5.41) is 6.39. The van der Waals surface area contributed by atoms with Gasteiger partial charge in [0.15, 0.2) is 0 Å². The molecule has 10 heteroatoms. The summed E-state index contributed by atoms with van der Waals surface area (Å²) in [7, 11) is 0. The highest BCUT2D eigenvalue weighted by molar-refractivity contribution is 6.42. The number of amides is 2. The summed E-state index contributed by atoms with van der Waals surface area (Å²) >= 11 is 12.1. The Morgan fingerprint density at radius 3 is 2.50 bits per heavy atom. The first-order chi connectivity index (χ1) is 16.2. The van der Waals surface area contributed by atoms with Crippen LogP contribution >= 0.6 is 23.2 Å². The minimum Gasteiger partial charge on any atom is -0.384 e. The second-order valence-corrected chi connectivity index (χ2v) is 8.70. The predicted molar refractivity (Wildman–Crippen MR) is 133 cm³/mol. The van der Waals surface area contributed by atoms with E-state index in [0.29, 0.717) is 21.6 Å². The highest BCUT2D eigenvalue weighted by Gasteiger charge is 2.25. The number of hydrogen-bond acceptors (Lipinski definition) is 6. The SMILES string of the molecule is Cc1nc(N)ccc1CNC(=O)[C@H](Cc1ccc(Cl)c(Cl)c1)NC(=O)C(N)Cc1cccnc1. The monoisotopic (exact) mass is 500 g/mol. The van der Waals surface area contributed by atoms with Crippen molar-refractivity contribution in [1.29, 1.82) is 0 Å². The van der Waals surface area contributed by atoms with Gasteiger partial charge in [0.1, 0.15) is 11.9 Å². The lowest BCUT2D eigenvalue weighted by Crippen LogP contribution is -2.53. The zero-order valence-corrected chi connectivity index (χ0v) is 20.1. The highest BCUT2D eigenvalue weighted by Crippen LogP contribution is 2.23. The quantitative estimate of drug-likeness (QED) is 0.356. The number of rotatable bonds is 9. The van der Waals surface area contributed by atoms with Crippen LogP contribution in [0.3, 0.4) is 0 Å². The lowest BCUT2D eigenvalue weighted by Gasteiger charge is -2.21. The van der Waals surface area contributed by atoms with Crippen molar-refractivity contribution in [1.82, 2.24) is 20.6 Å². The Morgan fingerprint density at radius 1 is 1.03 bits per heavy atom. The normalized spacial score (nSPS) is 12.6. The lowest BCUT2D eigenvalue weighted by atomic mass is 10.0. The zero-order chi connectivity index (χ0) is 24.7. The molecule has 2 atom stereocenters. The molecule has 2 heterocycles. The fraction of sp³-hybridized carbons (Fsp3) is 0.250. The van der Waals surface area contributed by atoms with E-state index < -0.39 is 18.0 Å². The van der Waals surface area contributed by atoms with E-state index in [1.807, 2.05) is 13.0 Å². The van der Waals surface area contributed by atoms with Crippen molar-refractivity contribution >= 4 is 40.8 Å². The number of nitrogen functional groups attached to an aromatic ring is 1. The number of halogens is 2. The molecule has 0 aliphatic heterocycles. The number of pyridine rings is 2. The Bertz CT molecular complexity index is 1160. The summed E-state index contributed by atoms with van der Waals surface area (Å²) < 4.78 is 0. The van der Waals surface area contributed by atoms with E-state index in [-0.39, 0.29) is 25.3 Å². The number of nitrogens with zero attached hydrogens (tertiary/aromatic N) is 2. The molecule has 0 saturated carbocycles. The van der Waals surface area contributed by atoms with Gasteiger partial charge in [-0.25, -0.2) is 4.98 Å². The maximum absolute atomic E-state index is 13.1. The molecule has 0 aliphatic carbocycles. The van der Waals surface area contributed by atoms with Gasteiger partial charge in [-0.15, -0.1) is 0 Å². The van der Waals surface area contributed by atoms with Crippen LogP contribution in [0.25, 0.3) is 0 Å². The first-order valence-corrected chi connectivity index (χ1v) is 11.4. The van der Waals surface area contributed by atoms with Crippen molar-refractivity contribution in [3.05, 3.63) is 87.3 Å². The van der Waals surface area contributed by atoms with Crippen LogP contribution in [-0.4, -0.2) is 33.9 Å². The molecule has 1 aromatic carbocycles. The van der Waals surface area contributed by atoms with Gasteiger partial charge in [0.25, 0.3) is 0 Å². The molecule has 0 bridgehead atoms. The molecule has 34 heavy (non-hydrogen) atoms. The van der Waals surface area contributed by atoms with E-state index in [1.54, 1.807) is 48.8 Å². The van der Waals surface area contributed by atoms with E-state index in [4.69, 9.17) is 34.7 Å². The third kappa shape index (κ3) is 7.15. The van der Waals surface area contributed by atoms with Crippen LogP contribution in [-0.2, 0) is 29.0 Å². The Labute approximate surface area is 208 Å². The van der Waals surface area contributed by atoms with E-state index in [9.17, 15) is 9.59 Å². The second kappa shape index (κ2) is 11.8. The molecule has 0 radical (unpaired) electrons. The smallest absolute Gasteiger partial charge is 0.243 e. The molecule has 0 aliphatic rings. The van der Waals surface area contributed by atoms with Crippen molar-refractivity contribution in [2.75, 3.05) is 5.73 Å². The molecule has 0 spiro atoms. The number of hydrogen-bond donors (Lipinski definition) is 4. The van der Waals surface area contributed by atoms with Gasteiger partial charge in [-0.05, 0) is 54.3 Å². The van der Waals surface area contributed by atoms with Crippen molar-refractivity contribution in [3.8, 4) is 0 Å². The first kappa shape index (κ1) is 25.4. The second-order valence-electron chi connectivity index (χ2n) is 7.88. The maximum Gasteiger partial charge on any atom is 0.243 e. The van der Waals surface area contributed by atoms with Crippen LogP contribution in [0.2, 0.25) is 10.0 Å². The van der Waals surface area contributed by atoms with Gasteiger partial charge in [-0.3, -0.25) is 14.6 Å². The third-order valence-corrected chi connectivity index (χ3v) is 5.98. The van der Waals surface area contributed by atoms with Crippen LogP contribution in [0.5, 0.6) is 0 Å². The molecule has 2 amide bonds. The summed E-state index contributed by atoms with van der Waals surface area (Å²) in [5.74, 6) is -0.418. The lowest BCUT2D eigenvalue weighted by molar-refractivity contribution is -0.129. The van der Waals surface area contributed by atoms with Gasteiger partial charge in [-0.2, -0.15) is 0 Å². The third-order valence-electron chi connectivity index (χ3n) is 5.24. The molecular weight excluding hydrogens is 475 g/mol. The molecule has 0 fully saturated rings. The Balaban J connectivity index is 1.72. The number of aryl methyl sites for hydroxylation is 1. The molecule has 178 valence electrons. The zero-order valence-electron chi connectivity index (χ0n) is 18.6. The fourth-order valence-electron chi connectivity index (χ4n) is 3.36. The fourth-order valence-corrected chi connectivity index (χ4v) is 3.68. The molecule has 0 saturated heterocycles. The molecule has 6 N–H and O–H groups in total. The molecule has 3 aromatic rings. The van der Waals surface area contributed by atoms with Crippen LogP contribution < -0.4 is 22.1 Å². The topological polar surface area (TPSA) is 136 Å². The number of carbonyl (C=O) groups excluding carboxylic acids is 2. The van der Waals surface area contributed by atoms with Crippen molar-refractivity contribution in [2.24, 2.45) is 5.73 Å². The Hall–Kier alpha value is -3.20. The van der Waals surface area contributed by atoms with E-state index in [2.05, 4.69) is 20.6 Å². The van der Waals surface area contributed by atoms with Gasteiger partial charge >= 0.3 is 0 Å². The predicted octanol–water partition coefficient (Wildman–Crippen LogP) is 2.59. The van der Waals surface area contributed by atoms with Crippen LogP contribution in [0.1, 0.15) is 22.4 Å². The molecule has 1 unspecified atom stereocenters. The minimum absolute atomic E-state index is 0.201. The van der Waals surface area contributed by atoms with Crippen molar-refractivity contribution in [2.45, 2.75) is 38.4 Å². The van der Waals surface area contributed by atoms with E-state index in [0.717, 1.165) is 16.7 Å². The van der Waals surface area contributed by atoms with Crippen molar-refractivity contribution < 1.29 is 9.59 Å². The number of benzene rings is 1. The summed E-state index contributed by atoms with van der Waals surface area (Å²) in [6.07, 6.45) is 3.78. The van der Waals surface area contributed by atoms with Gasteiger partial charge < -0.3 is 22.1 Å². The van der Waals surface area contributed by atoms with Gasteiger partial charge in [0.2, 0.25) is 11.8 Å². The summed E-state index contributed by atoms with van der Waals surface area (Å²) in [4.78, 5) is 34.2. The van der Waals surface area contributed by atoms with Crippen molar-refractivity contribution in [3.63, 3.8) is 0 Å². The molecule has 3 rings (SSSR count). The number of carbonyl (C=O) groups is 2. The average molecular weight is 501 g/mol.